The van der Waals surface area contributed by atoms with Gasteiger partial charge >= 0.3 is 0 Å². The van der Waals surface area contributed by atoms with Crippen LogP contribution >= 0.6 is 11.6 Å². The monoisotopic (exact) mass is 203 g/mol. The molecule has 1 N–H and O–H groups in total. The van der Waals surface area contributed by atoms with Gasteiger partial charge in [-0.2, -0.15) is 0 Å². The Morgan fingerprint density at radius 2 is 2.08 bits per heavy atom. The van der Waals surface area contributed by atoms with E-state index in [1.807, 2.05) is 0 Å². The minimum Gasteiger partial charge on any atom is -0.396 e. The molecule has 2 nitrogen and oxygen atoms in total. The molecule has 0 spiro atoms. The van der Waals surface area contributed by atoms with Gasteiger partial charge in [-0.15, -0.1) is 11.6 Å². The van der Waals surface area contributed by atoms with E-state index in [1.54, 1.807) is 0 Å². The van der Waals surface area contributed by atoms with Gasteiger partial charge in [-0.3, -0.25) is 4.90 Å². The lowest BCUT2D eigenvalue weighted by Gasteiger charge is -2.31. The predicted molar refractivity (Wildman–Crippen MR) is 56.1 cm³/mol. The lowest BCUT2D eigenvalue weighted by atomic mass is 9.98. The Morgan fingerprint density at radius 3 is 2.54 bits per heavy atom. The van der Waals surface area contributed by atoms with E-state index in [4.69, 9.17) is 16.7 Å². The van der Waals surface area contributed by atoms with Gasteiger partial charge in [0, 0.05) is 19.0 Å². The van der Waals surface area contributed by atoms with Crippen LogP contribution in [0.4, 0.5) is 0 Å². The third-order valence-corrected chi connectivity index (χ3v) is 2.98. The molecule has 0 atom stereocenters. The highest BCUT2D eigenvalue weighted by molar-refractivity contribution is 6.19. The van der Waals surface area contributed by atoms with Crippen LogP contribution in [-0.2, 0) is 0 Å². The number of alkyl halides is 1. The molecule has 0 aromatic carbocycles. The van der Waals surface area contributed by atoms with Gasteiger partial charge in [0.15, 0.2) is 0 Å². The summed E-state index contributed by atoms with van der Waals surface area (Å²) in [7, 11) is 0. The van der Waals surface area contributed by atoms with Crippen LogP contribution in [-0.4, -0.2) is 42.1 Å². The van der Waals surface area contributed by atoms with E-state index < -0.39 is 0 Å². The Hall–Kier alpha value is -0.0500. The van der Waals surface area contributed by atoms with Crippen LogP contribution in [0.25, 0.3) is 0 Å². The van der Waals surface area contributed by atoms with Crippen molar-refractivity contribution >= 4 is 11.6 Å². The van der Waals surface area contributed by atoms with Crippen molar-refractivity contribution in [2.45, 2.75) is 12.8 Å². The van der Waals surface area contributed by atoms with E-state index in [2.05, 4.69) is 11.5 Å². The van der Waals surface area contributed by atoms with Crippen LogP contribution in [0, 0.1) is 5.92 Å². The smallest absolute Gasteiger partial charge is 0.0460 e. The quantitative estimate of drug-likeness (QED) is 0.553. The average Bonchev–Trinajstić information content (AvgIpc) is 2.19. The number of rotatable bonds is 4. The maximum atomic E-state index is 8.95. The molecule has 13 heavy (non-hydrogen) atoms. The number of hydrogen-bond acceptors (Lipinski definition) is 2. The van der Waals surface area contributed by atoms with Crippen LogP contribution in [0.5, 0.6) is 0 Å². The molecule has 1 rings (SSSR count). The first-order valence-electron chi connectivity index (χ1n) is 4.82. The number of piperidine rings is 1. The summed E-state index contributed by atoms with van der Waals surface area (Å²) >= 11 is 5.66. The van der Waals surface area contributed by atoms with Crippen molar-refractivity contribution in [2.75, 3.05) is 32.1 Å². The van der Waals surface area contributed by atoms with Crippen molar-refractivity contribution in [1.82, 2.24) is 4.90 Å². The fourth-order valence-corrected chi connectivity index (χ4v) is 1.77. The molecular weight excluding hydrogens is 186 g/mol. The molecule has 0 aromatic rings. The molecule has 0 radical (unpaired) electrons. The van der Waals surface area contributed by atoms with Gasteiger partial charge in [-0.05, 0) is 37.4 Å². The van der Waals surface area contributed by atoms with Crippen LogP contribution in [0.15, 0.2) is 12.2 Å². The highest BCUT2D eigenvalue weighted by Crippen LogP contribution is 2.16. The average molecular weight is 204 g/mol. The molecule has 0 saturated carbocycles. The summed E-state index contributed by atoms with van der Waals surface area (Å²) in [5, 5.41) is 8.95. The van der Waals surface area contributed by atoms with Crippen LogP contribution in [0.2, 0.25) is 0 Å². The van der Waals surface area contributed by atoms with Crippen LogP contribution in [0.1, 0.15) is 12.8 Å². The highest BCUT2D eigenvalue weighted by atomic mass is 35.5. The molecule has 1 heterocycles. The summed E-state index contributed by atoms with van der Waals surface area (Å²) < 4.78 is 0. The number of likely N-dealkylation sites (tertiary alicyclic amines) is 1. The Balaban J connectivity index is 2.21. The van der Waals surface area contributed by atoms with Crippen molar-refractivity contribution < 1.29 is 5.11 Å². The van der Waals surface area contributed by atoms with Crippen LogP contribution < -0.4 is 0 Å². The molecule has 0 amide bonds. The second-order valence-corrected chi connectivity index (χ2v) is 4.05. The normalized spacial score (nSPS) is 20.5. The van der Waals surface area contributed by atoms with E-state index in [0.717, 1.165) is 38.0 Å². The van der Waals surface area contributed by atoms with E-state index in [-0.39, 0.29) is 0 Å². The summed E-state index contributed by atoms with van der Waals surface area (Å²) in [6.45, 7) is 7.28. The second-order valence-electron chi connectivity index (χ2n) is 3.79. The third-order valence-electron chi connectivity index (χ3n) is 2.60. The van der Waals surface area contributed by atoms with Gasteiger partial charge in [0.25, 0.3) is 0 Å². The first kappa shape index (κ1) is 11.0. The molecule has 1 saturated heterocycles. The molecular formula is C10H18ClNO. The minimum absolute atomic E-state index is 0.338. The number of hydrogen-bond donors (Lipinski definition) is 1. The van der Waals surface area contributed by atoms with E-state index in [9.17, 15) is 0 Å². The molecule has 1 fully saturated rings. The lowest BCUT2D eigenvalue weighted by Crippen LogP contribution is -2.36. The van der Waals surface area contributed by atoms with Crippen molar-refractivity contribution in [2.24, 2.45) is 5.92 Å². The zero-order chi connectivity index (χ0) is 9.68. The zero-order valence-corrected chi connectivity index (χ0v) is 8.76. The number of aliphatic hydroxyl groups excluding tert-OH is 1. The maximum Gasteiger partial charge on any atom is 0.0460 e. The molecule has 1 aliphatic heterocycles. The second kappa shape index (κ2) is 5.63. The van der Waals surface area contributed by atoms with Crippen molar-refractivity contribution in [1.29, 1.82) is 0 Å². The molecule has 3 heteroatoms. The van der Waals surface area contributed by atoms with Crippen molar-refractivity contribution in [3.63, 3.8) is 0 Å². The standard InChI is InChI=1S/C10H18ClNO/c1-9(6-11)7-12-4-2-10(8-13)3-5-12/h10,13H,1-8H2. The zero-order valence-electron chi connectivity index (χ0n) is 8.01. The minimum atomic E-state index is 0.338. The van der Waals surface area contributed by atoms with Gasteiger partial charge in [0.1, 0.15) is 0 Å². The summed E-state index contributed by atoms with van der Waals surface area (Å²) in [5.74, 6) is 1.07. The number of aliphatic hydroxyl groups is 1. The van der Waals surface area contributed by atoms with Gasteiger partial charge in [-0.25, -0.2) is 0 Å². The molecule has 1 aliphatic rings. The third kappa shape index (κ3) is 3.67. The Labute approximate surface area is 85.2 Å². The fraction of sp³-hybridized carbons (Fsp3) is 0.800. The molecule has 0 aliphatic carbocycles. The molecule has 76 valence electrons. The number of nitrogens with zero attached hydrogens (tertiary/aromatic N) is 1. The Morgan fingerprint density at radius 1 is 1.46 bits per heavy atom. The van der Waals surface area contributed by atoms with Crippen molar-refractivity contribution in [3.8, 4) is 0 Å². The first-order chi connectivity index (χ1) is 6.26. The summed E-state index contributed by atoms with van der Waals surface area (Å²) in [4.78, 5) is 2.36. The topological polar surface area (TPSA) is 23.5 Å². The molecule has 0 bridgehead atoms. The van der Waals surface area contributed by atoms with E-state index in [1.165, 1.54) is 0 Å². The highest BCUT2D eigenvalue weighted by Gasteiger charge is 2.18. The lowest BCUT2D eigenvalue weighted by molar-refractivity contribution is 0.138. The van der Waals surface area contributed by atoms with Gasteiger partial charge in [0.2, 0.25) is 0 Å². The summed E-state index contributed by atoms with van der Waals surface area (Å²) in [6, 6.07) is 0. The first-order valence-corrected chi connectivity index (χ1v) is 5.35. The largest absolute Gasteiger partial charge is 0.396 e. The van der Waals surface area contributed by atoms with Gasteiger partial charge < -0.3 is 5.11 Å². The van der Waals surface area contributed by atoms with Gasteiger partial charge in [0.05, 0.1) is 0 Å². The Kier molecular flexibility index (Phi) is 4.78. The summed E-state index contributed by atoms with van der Waals surface area (Å²) in [6.07, 6.45) is 2.21. The molecule has 0 unspecified atom stereocenters. The van der Waals surface area contributed by atoms with E-state index in [0.29, 0.717) is 18.4 Å². The Bertz CT molecular complexity index is 164. The van der Waals surface area contributed by atoms with E-state index >= 15 is 0 Å². The van der Waals surface area contributed by atoms with Gasteiger partial charge in [-0.1, -0.05) is 6.58 Å². The number of halogens is 1. The maximum absolute atomic E-state index is 8.95. The van der Waals surface area contributed by atoms with Crippen molar-refractivity contribution in [3.05, 3.63) is 12.2 Å². The SMILES string of the molecule is C=C(CCl)CN1CCC(CO)CC1. The fourth-order valence-electron chi connectivity index (χ4n) is 1.69. The van der Waals surface area contributed by atoms with Crippen LogP contribution in [0.3, 0.4) is 0 Å². The molecule has 0 aromatic heterocycles. The predicted octanol–water partition coefficient (Wildman–Crippen LogP) is 1.49. The summed E-state index contributed by atoms with van der Waals surface area (Å²) in [5.41, 5.74) is 1.09.